The van der Waals surface area contributed by atoms with Crippen molar-refractivity contribution in [3.63, 3.8) is 0 Å². The predicted octanol–water partition coefficient (Wildman–Crippen LogP) is 3.08. The van der Waals surface area contributed by atoms with Gasteiger partial charge in [0.15, 0.2) is 0 Å². The molecule has 8 heteroatoms. The highest BCUT2D eigenvalue weighted by atomic mass is 16.5. The molecule has 0 aliphatic carbocycles. The Morgan fingerprint density at radius 3 is 2.63 bits per heavy atom. The number of nitrogens with zero attached hydrogens (tertiary/aromatic N) is 3. The number of anilines is 1. The smallest absolute Gasteiger partial charge is 0.320 e. The van der Waals surface area contributed by atoms with E-state index in [0.717, 1.165) is 17.0 Å². The molecule has 0 saturated heterocycles. The van der Waals surface area contributed by atoms with E-state index in [1.807, 2.05) is 38.3 Å². The van der Waals surface area contributed by atoms with Crippen molar-refractivity contribution in [3.05, 3.63) is 41.0 Å². The molecule has 2 heterocycles. The molecule has 8 nitrogen and oxygen atoms in total. The first-order chi connectivity index (χ1) is 14.3. The van der Waals surface area contributed by atoms with E-state index in [4.69, 9.17) is 9.15 Å². The average Bonchev–Trinajstić information content (AvgIpc) is 3.24. The van der Waals surface area contributed by atoms with Crippen LogP contribution >= 0.6 is 0 Å². The quantitative estimate of drug-likeness (QED) is 0.600. The molecule has 1 amide bonds. The summed E-state index contributed by atoms with van der Waals surface area (Å²) in [5, 5.41) is 12.5. The molecule has 2 rings (SSSR count). The second kappa shape index (κ2) is 10.6. The number of nitriles is 1. The summed E-state index contributed by atoms with van der Waals surface area (Å²) in [6.07, 6.45) is 1.59. The normalized spacial score (nSPS) is 11.0. The fourth-order valence-electron chi connectivity index (χ4n) is 3.35. The fraction of sp³-hybridized carbons (Fsp3) is 0.500. The van der Waals surface area contributed by atoms with Crippen LogP contribution in [-0.2, 0) is 20.9 Å². The lowest BCUT2D eigenvalue weighted by Crippen LogP contribution is -2.40. The van der Waals surface area contributed by atoms with Gasteiger partial charge in [0.25, 0.3) is 0 Å². The minimum Gasteiger partial charge on any atom is -0.467 e. The molecule has 0 aliphatic rings. The summed E-state index contributed by atoms with van der Waals surface area (Å²) in [6, 6.07) is 5.83. The highest BCUT2D eigenvalue weighted by molar-refractivity contribution is 5.93. The molecule has 0 aliphatic heterocycles. The maximum absolute atomic E-state index is 12.8. The summed E-state index contributed by atoms with van der Waals surface area (Å²) in [6.45, 7) is 10.9. The van der Waals surface area contributed by atoms with Gasteiger partial charge in [-0.25, -0.2) is 0 Å². The van der Waals surface area contributed by atoms with Crippen LogP contribution in [0.4, 0.5) is 5.82 Å². The third-order valence-corrected chi connectivity index (χ3v) is 4.74. The Morgan fingerprint density at radius 2 is 2.07 bits per heavy atom. The summed E-state index contributed by atoms with van der Waals surface area (Å²) in [5.41, 5.74) is 2.11. The average molecular weight is 415 g/mol. The van der Waals surface area contributed by atoms with Crippen molar-refractivity contribution in [2.75, 3.05) is 31.6 Å². The lowest BCUT2D eigenvalue weighted by molar-refractivity contribution is -0.144. The molecule has 2 aromatic rings. The lowest BCUT2D eigenvalue weighted by Gasteiger charge is -2.23. The number of ether oxygens (including phenoxy) is 1. The fourth-order valence-corrected chi connectivity index (χ4v) is 3.35. The van der Waals surface area contributed by atoms with E-state index in [1.54, 1.807) is 24.2 Å². The molecule has 0 atom stereocenters. The number of amides is 1. The zero-order valence-corrected chi connectivity index (χ0v) is 18.3. The number of nitrogens with one attached hydrogen (secondary N) is 1. The van der Waals surface area contributed by atoms with E-state index in [1.165, 1.54) is 0 Å². The topological polar surface area (TPSA) is 101 Å². The monoisotopic (exact) mass is 414 g/mol. The first-order valence-corrected chi connectivity index (χ1v) is 10.1. The molecule has 2 aromatic heterocycles. The Labute approximate surface area is 177 Å². The Balaban J connectivity index is 2.22. The molecule has 0 fully saturated rings. The van der Waals surface area contributed by atoms with Gasteiger partial charge in [-0.3, -0.25) is 14.5 Å². The van der Waals surface area contributed by atoms with Crippen LogP contribution < -0.4 is 5.32 Å². The van der Waals surface area contributed by atoms with E-state index in [0.29, 0.717) is 31.1 Å². The summed E-state index contributed by atoms with van der Waals surface area (Å²) >= 11 is 0. The highest BCUT2D eigenvalue weighted by Gasteiger charge is 2.22. The van der Waals surface area contributed by atoms with E-state index < -0.39 is 0 Å². The second-order valence-electron chi connectivity index (χ2n) is 7.63. The first-order valence-electron chi connectivity index (χ1n) is 10.1. The van der Waals surface area contributed by atoms with Gasteiger partial charge in [-0.05, 0) is 44.4 Å². The van der Waals surface area contributed by atoms with Gasteiger partial charge in [0, 0.05) is 12.2 Å². The number of aromatic nitrogens is 1. The van der Waals surface area contributed by atoms with Gasteiger partial charge in [0.1, 0.15) is 17.6 Å². The number of hydrogen-bond acceptors (Lipinski definition) is 6. The number of hydrogen-bond donors (Lipinski definition) is 1. The molecule has 30 heavy (non-hydrogen) atoms. The molecule has 162 valence electrons. The van der Waals surface area contributed by atoms with E-state index in [2.05, 4.69) is 11.4 Å². The van der Waals surface area contributed by atoms with E-state index >= 15 is 0 Å². The van der Waals surface area contributed by atoms with Crippen LogP contribution in [-0.4, -0.2) is 47.6 Å². The Morgan fingerprint density at radius 1 is 1.33 bits per heavy atom. The third-order valence-electron chi connectivity index (χ3n) is 4.74. The highest BCUT2D eigenvalue weighted by Crippen LogP contribution is 2.27. The van der Waals surface area contributed by atoms with Crippen LogP contribution in [0, 0.1) is 31.1 Å². The van der Waals surface area contributed by atoms with Gasteiger partial charge < -0.3 is 19.0 Å². The summed E-state index contributed by atoms with van der Waals surface area (Å²) in [7, 11) is 0. The minimum absolute atomic E-state index is 0.0197. The van der Waals surface area contributed by atoms with Crippen molar-refractivity contribution in [2.45, 2.75) is 41.2 Å². The molecular weight excluding hydrogens is 384 g/mol. The molecule has 0 spiro atoms. The molecule has 1 N–H and O–H groups in total. The van der Waals surface area contributed by atoms with Crippen molar-refractivity contribution in [1.29, 1.82) is 5.26 Å². The Bertz CT molecular complexity index is 907. The van der Waals surface area contributed by atoms with E-state index in [-0.39, 0.29) is 30.9 Å². The number of furan rings is 1. The second-order valence-corrected chi connectivity index (χ2v) is 7.63. The molecule has 0 aromatic carbocycles. The van der Waals surface area contributed by atoms with Gasteiger partial charge in [-0.2, -0.15) is 5.26 Å². The SMILES string of the molecule is CCOC(=O)CN(CC(=O)Nc1c(C#N)c(C)c(C)n1Cc1ccco1)CC(C)C. The van der Waals surface area contributed by atoms with Crippen LogP contribution in [0.5, 0.6) is 0 Å². The van der Waals surface area contributed by atoms with Crippen molar-refractivity contribution < 1.29 is 18.7 Å². The summed E-state index contributed by atoms with van der Waals surface area (Å²) < 4.78 is 12.3. The number of carbonyl (C=O) groups excluding carboxylic acids is 2. The largest absolute Gasteiger partial charge is 0.467 e. The predicted molar refractivity (Wildman–Crippen MR) is 113 cm³/mol. The van der Waals surface area contributed by atoms with Crippen molar-refractivity contribution in [1.82, 2.24) is 9.47 Å². The van der Waals surface area contributed by atoms with Gasteiger partial charge in [-0.15, -0.1) is 0 Å². The lowest BCUT2D eigenvalue weighted by atomic mass is 10.2. The maximum atomic E-state index is 12.8. The Kier molecular flexibility index (Phi) is 8.25. The van der Waals surface area contributed by atoms with Crippen molar-refractivity contribution >= 4 is 17.7 Å². The van der Waals surface area contributed by atoms with Gasteiger partial charge in [0.2, 0.25) is 5.91 Å². The third kappa shape index (κ3) is 5.97. The van der Waals surface area contributed by atoms with Gasteiger partial charge in [-0.1, -0.05) is 13.8 Å². The van der Waals surface area contributed by atoms with E-state index in [9.17, 15) is 14.9 Å². The molecule has 0 bridgehead atoms. The molecule has 0 unspecified atom stereocenters. The first kappa shape index (κ1) is 23.2. The number of carbonyl (C=O) groups is 2. The minimum atomic E-state index is -0.364. The van der Waals surface area contributed by atoms with Gasteiger partial charge in [0.05, 0.1) is 38.1 Å². The maximum Gasteiger partial charge on any atom is 0.320 e. The zero-order chi connectivity index (χ0) is 22.3. The zero-order valence-electron chi connectivity index (χ0n) is 18.3. The van der Waals surface area contributed by atoms with Crippen LogP contribution in [0.3, 0.4) is 0 Å². The molecule has 0 radical (unpaired) electrons. The standard InChI is InChI=1S/C22H30N4O4/c1-6-29-21(28)14-25(11-15(2)3)13-20(27)24-22-19(10-23)16(4)17(5)26(22)12-18-8-7-9-30-18/h7-9,15H,6,11-14H2,1-5H3,(H,24,27). The van der Waals surface area contributed by atoms with Crippen molar-refractivity contribution in [2.24, 2.45) is 5.92 Å². The van der Waals surface area contributed by atoms with Crippen LogP contribution in [0.25, 0.3) is 0 Å². The molecule has 0 saturated carbocycles. The Hall–Kier alpha value is -3.05. The van der Waals surface area contributed by atoms with Crippen LogP contribution in [0.15, 0.2) is 22.8 Å². The van der Waals surface area contributed by atoms with Crippen molar-refractivity contribution in [3.8, 4) is 6.07 Å². The number of rotatable bonds is 10. The molecular formula is C22H30N4O4. The van der Waals surface area contributed by atoms with Crippen LogP contribution in [0.2, 0.25) is 0 Å². The summed E-state index contributed by atoms with van der Waals surface area (Å²) in [4.78, 5) is 26.5. The van der Waals surface area contributed by atoms with Gasteiger partial charge >= 0.3 is 5.97 Å². The van der Waals surface area contributed by atoms with Crippen LogP contribution in [0.1, 0.15) is 43.4 Å². The summed E-state index contributed by atoms with van der Waals surface area (Å²) in [5.74, 6) is 0.770. The number of esters is 1.